The van der Waals surface area contributed by atoms with Gasteiger partial charge >= 0.3 is 6.09 Å². The summed E-state index contributed by atoms with van der Waals surface area (Å²) in [5, 5.41) is 12.6. The first-order valence-electron chi connectivity index (χ1n) is 16.0. The molecule has 1 spiro atoms. The van der Waals surface area contributed by atoms with E-state index < -0.39 is 35.6 Å². The number of rotatable bonds is 4. The number of benzene rings is 2. The number of halogens is 1. The van der Waals surface area contributed by atoms with Gasteiger partial charge in [-0.3, -0.25) is 4.79 Å². The Morgan fingerprint density at radius 1 is 1.13 bits per heavy atom. The molecule has 9 nitrogen and oxygen atoms in total. The minimum atomic E-state index is -1.00. The fourth-order valence-electron chi connectivity index (χ4n) is 7.17. The molecule has 1 unspecified atom stereocenters. The number of nitrogens with zero attached hydrogens (tertiary/aromatic N) is 3. The van der Waals surface area contributed by atoms with Gasteiger partial charge in [0.1, 0.15) is 29.8 Å². The van der Waals surface area contributed by atoms with E-state index in [2.05, 4.69) is 35.5 Å². The zero-order chi connectivity index (χ0) is 31.9. The van der Waals surface area contributed by atoms with Crippen LogP contribution in [0.25, 0.3) is 11.1 Å². The van der Waals surface area contributed by atoms with Crippen molar-refractivity contribution in [3.63, 3.8) is 0 Å². The van der Waals surface area contributed by atoms with Crippen LogP contribution in [0.15, 0.2) is 24.3 Å². The summed E-state index contributed by atoms with van der Waals surface area (Å²) < 4.78 is 33.0. The molecule has 2 fully saturated rings. The second-order valence-electron chi connectivity index (χ2n) is 14.0. The first-order valence-corrected chi connectivity index (χ1v) is 16.0. The Kier molecular flexibility index (Phi) is 8.53. The number of nitriles is 1. The molecule has 0 saturated carbocycles. The van der Waals surface area contributed by atoms with Gasteiger partial charge < -0.3 is 29.3 Å². The van der Waals surface area contributed by atoms with E-state index in [4.69, 9.17) is 14.2 Å². The predicted octanol–water partition coefficient (Wildman–Crippen LogP) is 4.87. The number of fused-ring (bicyclic) bond motifs is 5. The molecule has 1 N–H and O–H groups in total. The molecule has 240 valence electrons. The molecule has 0 radical (unpaired) electrons. The molecule has 10 heteroatoms. The molecular formula is C35H43FN4O5. The van der Waals surface area contributed by atoms with Crippen LogP contribution in [0, 0.1) is 17.1 Å². The SMILES string of the molecule is CN1CCC2(CCc3cc4c(cc32)-c2cc(F)c(CC(C#N)NC(=O)[C@@H]3CN(C(=O)OC(C)(C)C)CCCO3)cc2OC4)CC1. The molecule has 0 bridgehead atoms. The van der Waals surface area contributed by atoms with Crippen molar-refractivity contribution in [1.82, 2.24) is 15.1 Å². The highest BCUT2D eigenvalue weighted by Gasteiger charge is 2.41. The summed E-state index contributed by atoms with van der Waals surface area (Å²) >= 11 is 0. The minimum Gasteiger partial charge on any atom is -0.488 e. The number of hydrogen-bond acceptors (Lipinski definition) is 7. The summed E-state index contributed by atoms with van der Waals surface area (Å²) in [4.78, 5) is 29.7. The van der Waals surface area contributed by atoms with Gasteiger partial charge in [-0.25, -0.2) is 9.18 Å². The van der Waals surface area contributed by atoms with Crippen LogP contribution in [0.2, 0.25) is 0 Å². The maximum atomic E-state index is 15.7. The first kappa shape index (κ1) is 31.3. The van der Waals surface area contributed by atoms with Crippen molar-refractivity contribution in [3.05, 3.63) is 52.3 Å². The second kappa shape index (κ2) is 12.3. The predicted molar refractivity (Wildman–Crippen MR) is 166 cm³/mol. The Hall–Kier alpha value is -3.68. The van der Waals surface area contributed by atoms with Gasteiger partial charge in [-0.1, -0.05) is 6.07 Å². The Balaban J connectivity index is 1.17. The van der Waals surface area contributed by atoms with Crippen molar-refractivity contribution >= 4 is 12.0 Å². The lowest BCUT2D eigenvalue weighted by Crippen LogP contribution is -2.48. The van der Waals surface area contributed by atoms with Gasteiger partial charge in [-0.05, 0) is 124 Å². The molecule has 4 aliphatic rings. The zero-order valence-corrected chi connectivity index (χ0v) is 26.7. The molecule has 2 amide bonds. The van der Waals surface area contributed by atoms with Crippen molar-refractivity contribution < 1.29 is 28.2 Å². The van der Waals surface area contributed by atoms with Crippen LogP contribution >= 0.6 is 0 Å². The van der Waals surface area contributed by atoms with E-state index in [9.17, 15) is 14.9 Å². The first-order chi connectivity index (χ1) is 21.4. The van der Waals surface area contributed by atoms with Gasteiger partial charge in [0.15, 0.2) is 6.10 Å². The molecule has 2 aromatic rings. The maximum absolute atomic E-state index is 15.7. The highest BCUT2D eigenvalue weighted by molar-refractivity contribution is 5.82. The zero-order valence-electron chi connectivity index (χ0n) is 26.7. The lowest BCUT2D eigenvalue weighted by molar-refractivity contribution is -0.133. The molecule has 1 aliphatic carbocycles. The quantitative estimate of drug-likeness (QED) is 0.522. The average Bonchev–Trinajstić information content (AvgIpc) is 3.15. The third-order valence-corrected chi connectivity index (χ3v) is 9.66. The fourth-order valence-corrected chi connectivity index (χ4v) is 7.17. The Labute approximate surface area is 264 Å². The average molecular weight is 619 g/mol. The van der Waals surface area contributed by atoms with E-state index in [-0.39, 0.29) is 30.6 Å². The third kappa shape index (κ3) is 6.52. The summed E-state index contributed by atoms with van der Waals surface area (Å²) in [6.07, 6.45) is 3.52. The number of piperidine rings is 1. The summed E-state index contributed by atoms with van der Waals surface area (Å²) in [6.45, 7) is 8.59. The van der Waals surface area contributed by atoms with Crippen LogP contribution in [0.4, 0.5) is 9.18 Å². The number of ether oxygens (including phenoxy) is 3. The van der Waals surface area contributed by atoms with E-state index in [0.717, 1.165) is 55.5 Å². The summed E-state index contributed by atoms with van der Waals surface area (Å²) in [5.41, 5.74) is 5.42. The monoisotopic (exact) mass is 618 g/mol. The molecule has 6 rings (SSSR count). The fraction of sp³-hybridized carbons (Fsp3) is 0.571. The van der Waals surface area contributed by atoms with Crippen LogP contribution in [-0.2, 0) is 39.1 Å². The van der Waals surface area contributed by atoms with E-state index >= 15 is 4.39 Å². The van der Waals surface area contributed by atoms with Crippen molar-refractivity contribution in [2.24, 2.45) is 0 Å². The van der Waals surface area contributed by atoms with Crippen molar-refractivity contribution in [1.29, 1.82) is 5.26 Å². The second-order valence-corrected chi connectivity index (χ2v) is 14.0. The van der Waals surface area contributed by atoms with Gasteiger partial charge in [0, 0.05) is 25.1 Å². The Bertz CT molecular complexity index is 1520. The van der Waals surface area contributed by atoms with Crippen molar-refractivity contribution in [2.75, 3.05) is 39.8 Å². The van der Waals surface area contributed by atoms with Crippen LogP contribution in [0.1, 0.15) is 68.7 Å². The lowest BCUT2D eigenvalue weighted by atomic mass is 9.73. The highest BCUT2D eigenvalue weighted by Crippen LogP contribution is 2.50. The highest BCUT2D eigenvalue weighted by atomic mass is 19.1. The summed E-state index contributed by atoms with van der Waals surface area (Å²) in [7, 11) is 2.18. The van der Waals surface area contributed by atoms with Gasteiger partial charge in [0.05, 0.1) is 12.6 Å². The standard InChI is InChI=1S/C35H43FN4O5/c1-34(2,3)45-33(42)40-10-5-13-43-31(20-40)32(41)38-25(19-37)15-23-16-30-27(18-29(23)36)26-17-28-22(14-24(26)21-44-30)6-7-35(28)8-11-39(4)12-9-35/h14,16-18,25,31H,5-13,15,20-21H2,1-4H3,(H,38,41)/t25?,31-/m0/s1. The minimum absolute atomic E-state index is 0.00103. The van der Waals surface area contributed by atoms with Gasteiger partial charge in [-0.15, -0.1) is 0 Å². The van der Waals surface area contributed by atoms with Crippen molar-refractivity contribution in [3.8, 4) is 22.9 Å². The van der Waals surface area contributed by atoms with Crippen LogP contribution < -0.4 is 10.1 Å². The van der Waals surface area contributed by atoms with Gasteiger partial charge in [-0.2, -0.15) is 5.26 Å². The third-order valence-electron chi connectivity index (χ3n) is 9.66. The number of aryl methyl sites for hydroxylation is 1. The van der Waals surface area contributed by atoms with Gasteiger partial charge in [0.25, 0.3) is 5.91 Å². The number of hydrogen-bond donors (Lipinski definition) is 1. The van der Waals surface area contributed by atoms with E-state index in [0.29, 0.717) is 25.3 Å². The number of carbonyl (C=O) groups excluding carboxylic acids is 2. The smallest absolute Gasteiger partial charge is 0.410 e. The molecule has 0 aromatic heterocycles. The topological polar surface area (TPSA) is 104 Å². The van der Waals surface area contributed by atoms with E-state index in [1.165, 1.54) is 22.1 Å². The van der Waals surface area contributed by atoms with Crippen LogP contribution in [0.3, 0.4) is 0 Å². The Morgan fingerprint density at radius 3 is 2.64 bits per heavy atom. The van der Waals surface area contributed by atoms with Crippen LogP contribution in [-0.4, -0.2) is 79.4 Å². The molecule has 2 aromatic carbocycles. The molecular weight excluding hydrogens is 575 g/mol. The van der Waals surface area contributed by atoms with E-state index in [1.54, 1.807) is 26.8 Å². The molecule has 45 heavy (non-hydrogen) atoms. The molecule has 3 heterocycles. The summed E-state index contributed by atoms with van der Waals surface area (Å²) in [6, 6.07) is 8.79. The number of amides is 2. The van der Waals surface area contributed by atoms with Gasteiger partial charge in [0.2, 0.25) is 0 Å². The van der Waals surface area contributed by atoms with Crippen molar-refractivity contribution in [2.45, 2.75) is 89.1 Å². The molecule has 2 atom stereocenters. The number of nitrogens with one attached hydrogen (secondary N) is 1. The van der Waals surface area contributed by atoms with E-state index in [1.807, 2.05) is 0 Å². The lowest BCUT2D eigenvalue weighted by Gasteiger charge is -2.39. The largest absolute Gasteiger partial charge is 0.488 e. The Morgan fingerprint density at radius 2 is 1.91 bits per heavy atom. The molecule has 2 saturated heterocycles. The number of carbonyl (C=O) groups is 2. The maximum Gasteiger partial charge on any atom is 0.410 e. The van der Waals surface area contributed by atoms with Crippen LogP contribution in [0.5, 0.6) is 5.75 Å². The number of likely N-dealkylation sites (tertiary alicyclic amines) is 1. The normalized spacial score (nSPS) is 21.4. The summed E-state index contributed by atoms with van der Waals surface area (Å²) in [5.74, 6) is -0.398. The molecule has 3 aliphatic heterocycles.